The van der Waals surface area contributed by atoms with Crippen molar-refractivity contribution in [2.75, 3.05) is 39.3 Å². The zero-order chi connectivity index (χ0) is 20.1. The molecule has 3 aliphatic rings. The average molecular weight is 399 g/mol. The summed E-state index contributed by atoms with van der Waals surface area (Å²) in [7, 11) is 0. The van der Waals surface area contributed by atoms with Gasteiger partial charge in [0.25, 0.3) is 0 Å². The van der Waals surface area contributed by atoms with Gasteiger partial charge in [-0.25, -0.2) is 4.79 Å². The van der Waals surface area contributed by atoms with E-state index in [1.807, 2.05) is 0 Å². The van der Waals surface area contributed by atoms with Crippen molar-refractivity contribution < 1.29 is 4.79 Å². The summed E-state index contributed by atoms with van der Waals surface area (Å²) in [5, 5.41) is 3.37. The summed E-state index contributed by atoms with van der Waals surface area (Å²) in [6.07, 6.45) is 8.44. The second-order valence-corrected chi connectivity index (χ2v) is 9.28. The molecule has 1 unspecified atom stereocenters. The van der Waals surface area contributed by atoms with E-state index in [1.54, 1.807) is 0 Å². The minimum Gasteiger partial charge on any atom is -0.335 e. The molecule has 0 aliphatic carbocycles. The first-order chi connectivity index (χ1) is 14.2. The summed E-state index contributed by atoms with van der Waals surface area (Å²) in [6.45, 7) is 9.78. The third-order valence-electron chi connectivity index (χ3n) is 7.13. The number of rotatable bonds is 5. The van der Waals surface area contributed by atoms with E-state index in [2.05, 4.69) is 51.2 Å². The van der Waals surface area contributed by atoms with E-state index in [-0.39, 0.29) is 6.03 Å². The van der Waals surface area contributed by atoms with E-state index in [1.165, 1.54) is 49.9 Å². The number of hydrogen-bond donors (Lipinski definition) is 1. The number of nitrogens with zero attached hydrogens (tertiary/aromatic N) is 3. The zero-order valence-corrected chi connectivity index (χ0v) is 18.1. The Morgan fingerprint density at radius 2 is 1.69 bits per heavy atom. The van der Waals surface area contributed by atoms with E-state index in [0.29, 0.717) is 12.1 Å². The second kappa shape index (κ2) is 9.94. The molecule has 3 aliphatic heterocycles. The molecule has 2 amide bonds. The van der Waals surface area contributed by atoms with E-state index in [9.17, 15) is 4.79 Å². The van der Waals surface area contributed by atoms with Gasteiger partial charge >= 0.3 is 6.03 Å². The van der Waals surface area contributed by atoms with E-state index in [0.717, 1.165) is 52.0 Å². The van der Waals surface area contributed by atoms with Crippen molar-refractivity contribution in [1.29, 1.82) is 0 Å². The lowest BCUT2D eigenvalue weighted by atomic mass is 10.0. The van der Waals surface area contributed by atoms with Crippen LogP contribution < -0.4 is 5.32 Å². The van der Waals surface area contributed by atoms with Crippen LogP contribution in [0.1, 0.15) is 56.1 Å². The first kappa shape index (κ1) is 20.7. The number of benzene rings is 1. The highest BCUT2D eigenvalue weighted by Crippen LogP contribution is 2.21. The predicted molar refractivity (Wildman–Crippen MR) is 118 cm³/mol. The van der Waals surface area contributed by atoms with Crippen LogP contribution in [0.2, 0.25) is 0 Å². The SMILES string of the molecule is Cc1ccccc1CN1CCC(NC(=O)N2CCCC2CN2CCCCC2)CC1. The Kier molecular flexibility index (Phi) is 7.09. The van der Waals surface area contributed by atoms with Gasteiger partial charge in [0.2, 0.25) is 0 Å². The summed E-state index contributed by atoms with van der Waals surface area (Å²) in [6, 6.07) is 9.59. The number of aryl methyl sites for hydroxylation is 1. The molecular formula is C24H38N4O. The molecule has 1 N–H and O–H groups in total. The van der Waals surface area contributed by atoms with Gasteiger partial charge < -0.3 is 15.1 Å². The van der Waals surface area contributed by atoms with Crippen LogP contribution in [0.4, 0.5) is 4.79 Å². The standard InChI is InChI=1S/C24H38N4O/c1-20-8-3-4-9-21(20)18-27-16-11-22(12-17-27)25-24(29)28-15-7-10-23(28)19-26-13-5-2-6-14-26/h3-4,8-9,22-23H,2,5-7,10-19H2,1H3,(H,25,29). The first-order valence-electron chi connectivity index (χ1n) is 11.8. The van der Waals surface area contributed by atoms with Crippen LogP contribution in [0, 0.1) is 6.92 Å². The average Bonchev–Trinajstić information content (AvgIpc) is 3.20. The molecule has 1 atom stereocenters. The van der Waals surface area contributed by atoms with Crippen LogP contribution in [0.3, 0.4) is 0 Å². The van der Waals surface area contributed by atoms with Gasteiger partial charge in [0, 0.05) is 44.8 Å². The van der Waals surface area contributed by atoms with Gasteiger partial charge in [0.05, 0.1) is 0 Å². The van der Waals surface area contributed by atoms with Crippen molar-refractivity contribution in [2.24, 2.45) is 0 Å². The Hall–Kier alpha value is -1.59. The topological polar surface area (TPSA) is 38.8 Å². The number of likely N-dealkylation sites (tertiary alicyclic amines) is 3. The Bertz CT molecular complexity index is 665. The molecule has 3 fully saturated rings. The largest absolute Gasteiger partial charge is 0.335 e. The summed E-state index contributed by atoms with van der Waals surface area (Å²) >= 11 is 0. The summed E-state index contributed by atoms with van der Waals surface area (Å²) in [5.74, 6) is 0. The fourth-order valence-electron chi connectivity index (χ4n) is 5.25. The van der Waals surface area contributed by atoms with Crippen LogP contribution in [-0.2, 0) is 6.54 Å². The van der Waals surface area contributed by atoms with Crippen molar-refractivity contribution in [3.05, 3.63) is 35.4 Å². The Balaban J connectivity index is 1.22. The van der Waals surface area contributed by atoms with E-state index < -0.39 is 0 Å². The quantitative estimate of drug-likeness (QED) is 0.823. The zero-order valence-electron chi connectivity index (χ0n) is 18.1. The van der Waals surface area contributed by atoms with Crippen LogP contribution in [0.15, 0.2) is 24.3 Å². The maximum absolute atomic E-state index is 13.0. The smallest absolute Gasteiger partial charge is 0.317 e. The summed E-state index contributed by atoms with van der Waals surface area (Å²) in [5.41, 5.74) is 2.80. The molecular weight excluding hydrogens is 360 g/mol. The van der Waals surface area contributed by atoms with E-state index >= 15 is 0 Å². The van der Waals surface area contributed by atoms with Crippen molar-refractivity contribution in [3.63, 3.8) is 0 Å². The van der Waals surface area contributed by atoms with Gasteiger partial charge in [-0.15, -0.1) is 0 Å². The Labute approximate surface area is 176 Å². The van der Waals surface area contributed by atoms with Crippen LogP contribution in [-0.4, -0.2) is 72.1 Å². The second-order valence-electron chi connectivity index (χ2n) is 9.28. The fourth-order valence-corrected chi connectivity index (χ4v) is 5.25. The lowest BCUT2D eigenvalue weighted by molar-refractivity contribution is 0.144. The normalized spacial score (nSPS) is 24.7. The molecule has 3 saturated heterocycles. The van der Waals surface area contributed by atoms with Gasteiger partial charge in [-0.1, -0.05) is 30.7 Å². The Morgan fingerprint density at radius 3 is 2.45 bits per heavy atom. The number of piperidine rings is 2. The highest BCUT2D eigenvalue weighted by atomic mass is 16.2. The minimum absolute atomic E-state index is 0.182. The number of amides is 2. The third kappa shape index (κ3) is 5.52. The van der Waals surface area contributed by atoms with E-state index in [4.69, 9.17) is 0 Å². The molecule has 0 spiro atoms. The van der Waals surface area contributed by atoms with Gasteiger partial charge in [-0.05, 0) is 69.7 Å². The maximum atomic E-state index is 13.0. The lowest BCUT2D eigenvalue weighted by Gasteiger charge is -2.36. The van der Waals surface area contributed by atoms with Crippen LogP contribution >= 0.6 is 0 Å². The maximum Gasteiger partial charge on any atom is 0.317 e. The molecule has 1 aromatic rings. The highest BCUT2D eigenvalue weighted by Gasteiger charge is 2.32. The number of nitrogens with one attached hydrogen (secondary N) is 1. The molecule has 3 heterocycles. The fraction of sp³-hybridized carbons (Fsp3) is 0.708. The van der Waals surface area contributed by atoms with Crippen LogP contribution in [0.25, 0.3) is 0 Å². The molecule has 0 bridgehead atoms. The molecule has 5 heteroatoms. The molecule has 0 saturated carbocycles. The first-order valence-corrected chi connectivity index (χ1v) is 11.8. The molecule has 29 heavy (non-hydrogen) atoms. The minimum atomic E-state index is 0.182. The predicted octanol–water partition coefficient (Wildman–Crippen LogP) is 3.62. The third-order valence-corrected chi connectivity index (χ3v) is 7.13. The molecule has 0 radical (unpaired) electrons. The van der Waals surface area contributed by atoms with Gasteiger partial charge in [-0.2, -0.15) is 0 Å². The molecule has 0 aromatic heterocycles. The number of carbonyl (C=O) groups is 1. The van der Waals surface area contributed by atoms with Crippen molar-refractivity contribution >= 4 is 6.03 Å². The van der Waals surface area contributed by atoms with Gasteiger partial charge in [-0.3, -0.25) is 4.90 Å². The Morgan fingerprint density at radius 1 is 0.931 bits per heavy atom. The van der Waals surface area contributed by atoms with Crippen molar-refractivity contribution in [3.8, 4) is 0 Å². The van der Waals surface area contributed by atoms with Crippen molar-refractivity contribution in [1.82, 2.24) is 20.0 Å². The monoisotopic (exact) mass is 398 g/mol. The van der Waals surface area contributed by atoms with Crippen LogP contribution in [0.5, 0.6) is 0 Å². The molecule has 1 aromatic carbocycles. The highest BCUT2D eigenvalue weighted by molar-refractivity contribution is 5.75. The van der Waals surface area contributed by atoms with Gasteiger partial charge in [0.15, 0.2) is 0 Å². The molecule has 160 valence electrons. The molecule has 4 rings (SSSR count). The number of hydrogen-bond acceptors (Lipinski definition) is 3. The number of carbonyl (C=O) groups excluding carboxylic acids is 1. The lowest BCUT2D eigenvalue weighted by Crippen LogP contribution is -2.52. The van der Waals surface area contributed by atoms with Gasteiger partial charge in [0.1, 0.15) is 0 Å². The summed E-state index contributed by atoms with van der Waals surface area (Å²) < 4.78 is 0. The summed E-state index contributed by atoms with van der Waals surface area (Å²) in [4.78, 5) is 20.2. The number of urea groups is 1. The van der Waals surface area contributed by atoms with Crippen molar-refractivity contribution in [2.45, 2.75) is 70.5 Å². The molecule has 5 nitrogen and oxygen atoms in total.